The molecule has 9 heteroatoms. The first-order valence-electron chi connectivity index (χ1n) is 15.3. The average molecular weight is 644 g/mol. The highest BCUT2D eigenvalue weighted by Crippen LogP contribution is 2.27. The van der Waals surface area contributed by atoms with E-state index in [1.165, 1.54) is 29.2 Å². The van der Waals surface area contributed by atoms with Crippen molar-refractivity contribution in [1.29, 1.82) is 0 Å². The van der Waals surface area contributed by atoms with Gasteiger partial charge in [0.05, 0.1) is 10.6 Å². The minimum Gasteiger partial charge on any atom is -0.350 e. The summed E-state index contributed by atoms with van der Waals surface area (Å²) in [6.07, 6.45) is 0.185. The predicted octanol–water partition coefficient (Wildman–Crippen LogP) is 6.70. The van der Waals surface area contributed by atoms with E-state index in [-0.39, 0.29) is 29.7 Å². The Bertz CT molecular complexity index is 1700. The van der Waals surface area contributed by atoms with Gasteiger partial charge in [-0.3, -0.25) is 13.9 Å². The predicted molar refractivity (Wildman–Crippen MR) is 180 cm³/mol. The van der Waals surface area contributed by atoms with Gasteiger partial charge in [-0.1, -0.05) is 86.6 Å². The second kappa shape index (κ2) is 14.7. The molecule has 0 aliphatic carbocycles. The molecular weight excluding hydrogens is 601 g/mol. The van der Waals surface area contributed by atoms with Gasteiger partial charge in [0.25, 0.3) is 10.0 Å². The van der Waals surface area contributed by atoms with Gasteiger partial charge < -0.3 is 10.2 Å². The molecule has 4 rings (SSSR count). The van der Waals surface area contributed by atoms with Gasteiger partial charge in [-0.25, -0.2) is 12.8 Å². The molecule has 0 bridgehead atoms. The Morgan fingerprint density at radius 2 is 1.35 bits per heavy atom. The van der Waals surface area contributed by atoms with Crippen LogP contribution in [0.25, 0.3) is 0 Å². The van der Waals surface area contributed by atoms with Gasteiger partial charge in [0, 0.05) is 18.5 Å². The number of hydrogen-bond donors (Lipinski definition) is 1. The molecule has 46 heavy (non-hydrogen) atoms. The lowest BCUT2D eigenvalue weighted by Crippen LogP contribution is -2.56. The second-order valence-electron chi connectivity index (χ2n) is 12.7. The fourth-order valence-electron chi connectivity index (χ4n) is 5.07. The van der Waals surface area contributed by atoms with Crippen LogP contribution in [0.3, 0.4) is 0 Å². The normalized spacial score (nSPS) is 12.4. The Kier molecular flexibility index (Phi) is 11.0. The molecule has 2 amide bonds. The highest BCUT2D eigenvalue weighted by Gasteiger charge is 2.35. The largest absolute Gasteiger partial charge is 0.350 e. The number of benzene rings is 4. The van der Waals surface area contributed by atoms with E-state index in [1.54, 1.807) is 42.5 Å². The fraction of sp³-hybridized carbons (Fsp3) is 0.297. The van der Waals surface area contributed by atoms with Crippen LogP contribution in [-0.4, -0.2) is 43.3 Å². The van der Waals surface area contributed by atoms with E-state index in [2.05, 4.69) is 5.32 Å². The van der Waals surface area contributed by atoms with Crippen LogP contribution in [0.15, 0.2) is 114 Å². The molecule has 0 heterocycles. The quantitative estimate of drug-likeness (QED) is 0.186. The lowest BCUT2D eigenvalue weighted by atomic mass is 10.0. The Balaban J connectivity index is 1.81. The highest BCUT2D eigenvalue weighted by atomic mass is 32.2. The highest BCUT2D eigenvalue weighted by molar-refractivity contribution is 7.92. The van der Waals surface area contributed by atoms with E-state index in [0.29, 0.717) is 11.3 Å². The topological polar surface area (TPSA) is 86.8 Å². The molecule has 0 saturated heterocycles. The number of anilines is 1. The smallest absolute Gasteiger partial charge is 0.264 e. The van der Waals surface area contributed by atoms with E-state index in [9.17, 15) is 22.4 Å². The number of carbonyl (C=O) groups excluding carboxylic acids is 2. The number of hydrogen-bond acceptors (Lipinski definition) is 4. The van der Waals surface area contributed by atoms with Crippen LogP contribution in [0.1, 0.15) is 57.2 Å². The molecule has 242 valence electrons. The summed E-state index contributed by atoms with van der Waals surface area (Å²) in [6.45, 7) is 9.04. The van der Waals surface area contributed by atoms with Crippen LogP contribution in [0, 0.1) is 5.82 Å². The fourth-order valence-corrected chi connectivity index (χ4v) is 6.50. The number of nitrogens with one attached hydrogen (secondary N) is 1. The average Bonchev–Trinajstić information content (AvgIpc) is 3.02. The van der Waals surface area contributed by atoms with Crippen LogP contribution < -0.4 is 9.62 Å². The zero-order chi connectivity index (χ0) is 33.5. The second-order valence-corrected chi connectivity index (χ2v) is 14.5. The molecule has 0 fully saturated rings. The first-order valence-corrected chi connectivity index (χ1v) is 16.8. The van der Waals surface area contributed by atoms with E-state index in [0.717, 1.165) is 15.4 Å². The van der Waals surface area contributed by atoms with E-state index in [1.807, 2.05) is 77.1 Å². The van der Waals surface area contributed by atoms with Crippen molar-refractivity contribution in [3.8, 4) is 0 Å². The van der Waals surface area contributed by atoms with Crippen LogP contribution in [0.4, 0.5) is 10.1 Å². The van der Waals surface area contributed by atoms with E-state index in [4.69, 9.17) is 0 Å². The lowest BCUT2D eigenvalue weighted by Gasteiger charge is -2.35. The summed E-state index contributed by atoms with van der Waals surface area (Å²) < 4.78 is 43.2. The summed E-state index contributed by atoms with van der Waals surface area (Å²) in [4.78, 5) is 29.9. The van der Waals surface area contributed by atoms with Crippen molar-refractivity contribution in [3.63, 3.8) is 0 Å². The van der Waals surface area contributed by atoms with E-state index < -0.39 is 39.9 Å². The number of rotatable bonds is 12. The summed E-state index contributed by atoms with van der Waals surface area (Å²) in [5.74, 6) is -1.17. The molecular formula is C37H42FN3O4S. The van der Waals surface area contributed by atoms with Gasteiger partial charge >= 0.3 is 0 Å². The number of halogens is 1. The van der Waals surface area contributed by atoms with Crippen molar-refractivity contribution in [2.75, 3.05) is 10.8 Å². The number of carbonyl (C=O) groups is 2. The monoisotopic (exact) mass is 643 g/mol. The Morgan fingerprint density at radius 3 is 1.89 bits per heavy atom. The molecule has 0 aliphatic heterocycles. The maximum Gasteiger partial charge on any atom is 0.264 e. The van der Waals surface area contributed by atoms with Crippen molar-refractivity contribution in [2.24, 2.45) is 0 Å². The number of nitrogens with zero attached hydrogens (tertiary/aromatic N) is 2. The van der Waals surface area contributed by atoms with Gasteiger partial charge in [0.2, 0.25) is 11.8 Å². The van der Waals surface area contributed by atoms with Crippen molar-refractivity contribution in [1.82, 2.24) is 10.2 Å². The van der Waals surface area contributed by atoms with Gasteiger partial charge in [0.1, 0.15) is 18.4 Å². The molecule has 7 nitrogen and oxygen atoms in total. The van der Waals surface area contributed by atoms with Gasteiger partial charge in [-0.15, -0.1) is 0 Å². The van der Waals surface area contributed by atoms with Crippen molar-refractivity contribution < 1.29 is 22.4 Å². The first-order chi connectivity index (χ1) is 21.7. The molecule has 4 aromatic rings. The van der Waals surface area contributed by atoms with Crippen LogP contribution >= 0.6 is 0 Å². The summed E-state index contributed by atoms with van der Waals surface area (Å²) in [5.41, 5.74) is 2.16. The summed E-state index contributed by atoms with van der Waals surface area (Å²) >= 11 is 0. The molecule has 0 saturated carbocycles. The maximum atomic E-state index is 14.5. The molecule has 4 aromatic carbocycles. The standard InChI is InChI=1S/C37H42FN3O4S/c1-27(2)30-18-22-32(23-19-30)41(46(44,45)33-14-10-7-11-15-33)26-35(42)40(25-29-16-20-31(38)21-17-29)34(36(43)39-37(3,4)5)24-28-12-8-6-9-13-28/h6-23,27,34H,24-26H2,1-5H3,(H,39,43)/t34-/m0/s1. The Labute approximate surface area is 272 Å². The van der Waals surface area contributed by atoms with Crippen molar-refractivity contribution in [3.05, 3.63) is 132 Å². The van der Waals surface area contributed by atoms with Crippen LogP contribution in [0.2, 0.25) is 0 Å². The summed E-state index contributed by atoms with van der Waals surface area (Å²) in [5, 5.41) is 3.00. The molecule has 1 atom stereocenters. The van der Waals surface area contributed by atoms with Gasteiger partial charge in [-0.05, 0) is 79.8 Å². The van der Waals surface area contributed by atoms with E-state index >= 15 is 0 Å². The summed E-state index contributed by atoms with van der Waals surface area (Å²) in [6, 6.07) is 29.1. The van der Waals surface area contributed by atoms with Crippen LogP contribution in [0.5, 0.6) is 0 Å². The van der Waals surface area contributed by atoms with Gasteiger partial charge in [0.15, 0.2) is 0 Å². The van der Waals surface area contributed by atoms with Crippen molar-refractivity contribution >= 4 is 27.5 Å². The van der Waals surface area contributed by atoms with Crippen LogP contribution in [-0.2, 0) is 32.6 Å². The Morgan fingerprint density at radius 1 is 0.783 bits per heavy atom. The molecule has 0 radical (unpaired) electrons. The lowest BCUT2D eigenvalue weighted by molar-refractivity contribution is -0.140. The Hall–Kier alpha value is -4.50. The minimum atomic E-state index is -4.19. The van der Waals surface area contributed by atoms with Crippen molar-refractivity contribution in [2.45, 2.75) is 70.0 Å². The molecule has 1 N–H and O–H groups in total. The van der Waals surface area contributed by atoms with Gasteiger partial charge in [-0.2, -0.15) is 0 Å². The molecule has 0 spiro atoms. The third-order valence-corrected chi connectivity index (χ3v) is 9.28. The third kappa shape index (κ3) is 9.03. The SMILES string of the molecule is CC(C)c1ccc(N(CC(=O)N(Cc2ccc(F)cc2)[C@@H](Cc2ccccc2)C(=O)NC(C)(C)C)S(=O)(=O)c2ccccc2)cc1. The number of amides is 2. The minimum absolute atomic E-state index is 0.0344. The molecule has 0 unspecified atom stereocenters. The maximum absolute atomic E-state index is 14.5. The third-order valence-electron chi connectivity index (χ3n) is 7.49. The molecule has 0 aromatic heterocycles. The summed E-state index contributed by atoms with van der Waals surface area (Å²) in [7, 11) is -4.19. The molecule has 0 aliphatic rings. The zero-order valence-corrected chi connectivity index (χ0v) is 27.8. The zero-order valence-electron chi connectivity index (χ0n) is 27.0. The number of sulfonamides is 1. The first kappa shape index (κ1) is 34.4.